The highest BCUT2D eigenvalue weighted by Gasteiger charge is 2.33. The van der Waals surface area contributed by atoms with Crippen molar-refractivity contribution in [2.75, 3.05) is 0 Å². The van der Waals surface area contributed by atoms with Crippen LogP contribution in [-0.2, 0) is 0 Å². The van der Waals surface area contributed by atoms with Crippen LogP contribution >= 0.6 is 0 Å². The van der Waals surface area contributed by atoms with Crippen molar-refractivity contribution in [2.24, 2.45) is 11.5 Å². The third-order valence-corrected chi connectivity index (χ3v) is 6.15. The molecule has 3 atom stereocenters. The second-order valence-electron chi connectivity index (χ2n) is 5.20. The third-order valence-electron chi connectivity index (χ3n) is 3.18. The molecule has 1 unspecified atom stereocenters. The van der Waals surface area contributed by atoms with E-state index < -0.39 is 8.07 Å². The minimum atomic E-state index is -0.963. The highest BCUT2D eigenvalue weighted by molar-refractivity contribution is 6.77. The molecule has 1 aliphatic rings. The molecule has 1 fully saturated rings. The summed E-state index contributed by atoms with van der Waals surface area (Å²) in [6.45, 7) is 7.30. The van der Waals surface area contributed by atoms with E-state index in [4.69, 9.17) is 11.5 Å². The van der Waals surface area contributed by atoms with E-state index in [1.54, 1.807) is 0 Å². The van der Waals surface area contributed by atoms with Crippen molar-refractivity contribution in [2.45, 2.75) is 56.5 Å². The van der Waals surface area contributed by atoms with Gasteiger partial charge < -0.3 is 11.5 Å². The van der Waals surface area contributed by atoms with Crippen molar-refractivity contribution in [3.63, 3.8) is 0 Å². The molecule has 0 heterocycles. The fraction of sp³-hybridized carbons (Fsp3) is 1.00. The average Bonchev–Trinajstić information content (AvgIpc) is 1.92. The summed E-state index contributed by atoms with van der Waals surface area (Å²) in [5, 5.41) is 0. The molecule has 0 radical (unpaired) electrons. The predicted molar refractivity (Wildman–Crippen MR) is 56.9 cm³/mol. The van der Waals surface area contributed by atoms with Gasteiger partial charge in [0.15, 0.2) is 0 Å². The topological polar surface area (TPSA) is 52.0 Å². The first-order chi connectivity index (χ1) is 5.41. The van der Waals surface area contributed by atoms with E-state index in [2.05, 4.69) is 19.6 Å². The maximum absolute atomic E-state index is 5.96. The van der Waals surface area contributed by atoms with Crippen LogP contribution in [0.15, 0.2) is 0 Å². The Hall–Kier alpha value is 0.137. The Morgan fingerprint density at radius 1 is 1.00 bits per heavy atom. The average molecular weight is 186 g/mol. The first-order valence-electron chi connectivity index (χ1n) is 4.92. The van der Waals surface area contributed by atoms with E-state index in [1.165, 1.54) is 6.42 Å². The highest BCUT2D eigenvalue weighted by atomic mass is 28.3. The molecule has 12 heavy (non-hydrogen) atoms. The predicted octanol–water partition coefficient (Wildman–Crippen LogP) is 1.53. The van der Waals surface area contributed by atoms with Gasteiger partial charge in [0.2, 0.25) is 0 Å². The van der Waals surface area contributed by atoms with Gasteiger partial charge >= 0.3 is 0 Å². The summed E-state index contributed by atoms with van der Waals surface area (Å²) >= 11 is 0. The monoisotopic (exact) mass is 186 g/mol. The molecular formula is C9H22N2Si. The molecule has 0 aromatic rings. The molecule has 0 aromatic heterocycles. The number of hydrogen-bond acceptors (Lipinski definition) is 2. The van der Waals surface area contributed by atoms with Gasteiger partial charge in [-0.25, -0.2) is 0 Å². The number of rotatable bonds is 1. The minimum absolute atomic E-state index is 0.260. The van der Waals surface area contributed by atoms with Gasteiger partial charge in [0.1, 0.15) is 0 Å². The lowest BCUT2D eigenvalue weighted by Crippen LogP contribution is -2.48. The van der Waals surface area contributed by atoms with Crippen LogP contribution in [0.4, 0.5) is 0 Å². The van der Waals surface area contributed by atoms with Crippen LogP contribution in [-0.4, -0.2) is 20.2 Å². The summed E-state index contributed by atoms with van der Waals surface area (Å²) in [5.41, 5.74) is 12.7. The van der Waals surface area contributed by atoms with Crippen LogP contribution < -0.4 is 11.5 Å². The van der Waals surface area contributed by atoms with Gasteiger partial charge in [-0.2, -0.15) is 0 Å². The van der Waals surface area contributed by atoms with Crippen molar-refractivity contribution in [1.82, 2.24) is 0 Å². The Kier molecular flexibility index (Phi) is 2.96. The molecule has 0 aliphatic heterocycles. The van der Waals surface area contributed by atoms with E-state index in [-0.39, 0.29) is 12.1 Å². The molecule has 0 aromatic carbocycles. The zero-order valence-electron chi connectivity index (χ0n) is 8.51. The molecule has 1 saturated carbocycles. The Labute approximate surface area is 76.7 Å². The lowest BCUT2D eigenvalue weighted by atomic mass is 9.91. The maximum atomic E-state index is 5.96. The van der Waals surface area contributed by atoms with Crippen LogP contribution in [0.2, 0.25) is 25.2 Å². The summed E-state index contributed by atoms with van der Waals surface area (Å²) < 4.78 is 0. The van der Waals surface area contributed by atoms with Crippen LogP contribution in [0.3, 0.4) is 0 Å². The largest absolute Gasteiger partial charge is 0.326 e. The molecule has 4 N–H and O–H groups in total. The standard InChI is InChI=1S/C9H22N2Si/c1-12(2,3)7-4-5-8(10)9(11)6-7/h7-9H,4-6,10-11H2,1-3H3/t7?,8-,9-/m1/s1. The third kappa shape index (κ3) is 2.31. The smallest absolute Gasteiger partial charge is 0.0474 e. The Balaban J connectivity index is 2.51. The molecular weight excluding hydrogens is 164 g/mol. The van der Waals surface area contributed by atoms with Gasteiger partial charge in [-0.1, -0.05) is 26.1 Å². The van der Waals surface area contributed by atoms with Crippen LogP contribution in [0.5, 0.6) is 0 Å². The second kappa shape index (κ2) is 3.48. The first-order valence-corrected chi connectivity index (χ1v) is 8.50. The molecule has 1 rings (SSSR count). The van der Waals surface area contributed by atoms with Crippen molar-refractivity contribution >= 4 is 8.07 Å². The second-order valence-corrected chi connectivity index (χ2v) is 10.8. The van der Waals surface area contributed by atoms with Gasteiger partial charge in [0, 0.05) is 20.2 Å². The van der Waals surface area contributed by atoms with Crippen LogP contribution in [0, 0.1) is 0 Å². The van der Waals surface area contributed by atoms with Gasteiger partial charge in [-0.15, -0.1) is 0 Å². The van der Waals surface area contributed by atoms with Crippen molar-refractivity contribution in [3.05, 3.63) is 0 Å². The lowest BCUT2D eigenvalue weighted by molar-refractivity contribution is 0.379. The van der Waals surface area contributed by atoms with Crippen LogP contribution in [0.1, 0.15) is 19.3 Å². The molecule has 3 heteroatoms. The zero-order valence-corrected chi connectivity index (χ0v) is 9.51. The van der Waals surface area contributed by atoms with Gasteiger partial charge in [-0.05, 0) is 18.4 Å². The van der Waals surface area contributed by atoms with E-state index in [0.29, 0.717) is 0 Å². The number of nitrogens with two attached hydrogens (primary N) is 2. The Morgan fingerprint density at radius 3 is 2.00 bits per heavy atom. The maximum Gasteiger partial charge on any atom is 0.0474 e. The van der Waals surface area contributed by atoms with Gasteiger partial charge in [-0.3, -0.25) is 0 Å². The van der Waals surface area contributed by atoms with Crippen molar-refractivity contribution < 1.29 is 0 Å². The number of hydrogen-bond donors (Lipinski definition) is 2. The summed E-state index contributed by atoms with van der Waals surface area (Å²) in [7, 11) is -0.963. The summed E-state index contributed by atoms with van der Waals surface area (Å²) in [4.78, 5) is 0. The summed E-state index contributed by atoms with van der Waals surface area (Å²) in [6, 6.07) is 0.521. The van der Waals surface area contributed by atoms with E-state index >= 15 is 0 Å². The first kappa shape index (κ1) is 10.2. The Bertz CT molecular complexity index is 153. The van der Waals surface area contributed by atoms with Crippen molar-refractivity contribution in [3.8, 4) is 0 Å². The molecule has 0 spiro atoms. The fourth-order valence-electron chi connectivity index (χ4n) is 2.02. The van der Waals surface area contributed by atoms with Crippen LogP contribution in [0.25, 0.3) is 0 Å². The van der Waals surface area contributed by atoms with Crippen molar-refractivity contribution in [1.29, 1.82) is 0 Å². The molecule has 0 amide bonds. The Morgan fingerprint density at radius 2 is 1.58 bits per heavy atom. The summed E-state index contributed by atoms with van der Waals surface area (Å²) in [6.07, 6.45) is 3.61. The zero-order chi connectivity index (χ0) is 9.35. The van der Waals surface area contributed by atoms with E-state index in [1.807, 2.05) is 0 Å². The van der Waals surface area contributed by atoms with E-state index in [9.17, 15) is 0 Å². The molecule has 72 valence electrons. The highest BCUT2D eigenvalue weighted by Crippen LogP contribution is 2.35. The quantitative estimate of drug-likeness (QED) is 0.610. The molecule has 1 aliphatic carbocycles. The van der Waals surface area contributed by atoms with Gasteiger partial charge in [0.05, 0.1) is 0 Å². The van der Waals surface area contributed by atoms with Gasteiger partial charge in [0.25, 0.3) is 0 Å². The molecule has 2 nitrogen and oxygen atoms in total. The summed E-state index contributed by atoms with van der Waals surface area (Å²) in [5.74, 6) is 0. The molecule has 0 saturated heterocycles. The lowest BCUT2D eigenvalue weighted by Gasteiger charge is -2.38. The molecule has 0 bridgehead atoms. The fourth-order valence-corrected chi connectivity index (χ4v) is 4.03. The van der Waals surface area contributed by atoms with E-state index in [0.717, 1.165) is 18.4 Å². The SMILES string of the molecule is C[Si](C)(C)C1CC[C@@H](N)[C@H](N)C1. The minimum Gasteiger partial charge on any atom is -0.326 e. The normalized spacial score (nSPS) is 38.2.